The van der Waals surface area contributed by atoms with Crippen molar-refractivity contribution in [1.82, 2.24) is 20.0 Å². The molecule has 3 heterocycles. The highest BCUT2D eigenvalue weighted by atomic mass is 16.4. The van der Waals surface area contributed by atoms with Gasteiger partial charge in [0, 0.05) is 32.1 Å². The van der Waals surface area contributed by atoms with Crippen LogP contribution < -0.4 is 5.32 Å². The van der Waals surface area contributed by atoms with E-state index in [9.17, 15) is 24.6 Å². The number of carbonyl (C=O) groups is 3. The Balaban J connectivity index is 1.81. The fourth-order valence-corrected chi connectivity index (χ4v) is 3.97. The summed E-state index contributed by atoms with van der Waals surface area (Å²) < 4.78 is 0. The van der Waals surface area contributed by atoms with Crippen molar-refractivity contribution in [2.75, 3.05) is 39.3 Å². The highest BCUT2D eigenvalue weighted by Crippen LogP contribution is 2.37. The van der Waals surface area contributed by atoms with Crippen LogP contribution in [0.25, 0.3) is 0 Å². The first-order valence-corrected chi connectivity index (χ1v) is 7.75. The first-order valence-electron chi connectivity index (χ1n) is 7.75. The normalized spacial score (nSPS) is 29.8. The molecule has 3 amide bonds. The molecule has 9 nitrogen and oxygen atoms in total. The van der Waals surface area contributed by atoms with Crippen LogP contribution in [0.3, 0.4) is 0 Å². The second kappa shape index (κ2) is 5.34. The zero-order valence-corrected chi connectivity index (χ0v) is 13.1. The number of carboxylic acid groups (broad SMARTS) is 1. The van der Waals surface area contributed by atoms with Gasteiger partial charge < -0.3 is 20.0 Å². The number of nitrogens with one attached hydrogen (secondary N) is 1. The molecule has 3 fully saturated rings. The number of rotatable bonds is 1. The molecule has 3 rings (SSSR count). The number of hydrogen-bond acceptors (Lipinski definition) is 5. The summed E-state index contributed by atoms with van der Waals surface area (Å²) in [6.07, 6.45) is 0.177. The van der Waals surface area contributed by atoms with E-state index in [4.69, 9.17) is 0 Å². The maximum Gasteiger partial charge on any atom is 0.407 e. The number of aliphatic hydroxyl groups excluding tert-OH is 1. The lowest BCUT2D eigenvalue weighted by molar-refractivity contribution is -0.145. The van der Waals surface area contributed by atoms with Crippen LogP contribution in [-0.4, -0.2) is 93.4 Å². The fraction of sp³-hybridized carbons (Fsp3) is 0.786. The van der Waals surface area contributed by atoms with E-state index in [1.165, 1.54) is 6.92 Å². The summed E-state index contributed by atoms with van der Waals surface area (Å²) in [6.45, 7) is 2.67. The van der Waals surface area contributed by atoms with Gasteiger partial charge in [0.2, 0.25) is 11.8 Å². The number of nitrogens with zero attached hydrogens (tertiary/aromatic N) is 3. The molecule has 0 bridgehead atoms. The summed E-state index contributed by atoms with van der Waals surface area (Å²) in [4.78, 5) is 39.4. The van der Waals surface area contributed by atoms with Crippen molar-refractivity contribution in [1.29, 1.82) is 0 Å². The van der Waals surface area contributed by atoms with Crippen LogP contribution in [0, 0.1) is 0 Å². The molecule has 0 aromatic carbocycles. The molecular formula is C14H22N4O5. The van der Waals surface area contributed by atoms with Gasteiger partial charge in [-0.3, -0.25) is 19.8 Å². The van der Waals surface area contributed by atoms with Gasteiger partial charge in [0.05, 0.1) is 13.2 Å². The number of likely N-dealkylation sites (tertiary alicyclic amines) is 1. The Hall–Kier alpha value is -1.87. The number of carbonyl (C=O) groups excluding carboxylic acids is 2. The zero-order valence-electron chi connectivity index (χ0n) is 13.1. The van der Waals surface area contributed by atoms with Crippen molar-refractivity contribution >= 4 is 17.9 Å². The number of piperidine rings is 1. The maximum atomic E-state index is 12.4. The molecule has 3 aliphatic rings. The van der Waals surface area contributed by atoms with Gasteiger partial charge >= 0.3 is 6.09 Å². The molecule has 3 N–H and O–H groups in total. The quantitative estimate of drug-likeness (QED) is 0.539. The summed E-state index contributed by atoms with van der Waals surface area (Å²) in [5, 5.41) is 22.4. The molecule has 0 aromatic heterocycles. The summed E-state index contributed by atoms with van der Waals surface area (Å²) in [5.74, 6) is -0.272. The fourth-order valence-electron chi connectivity index (χ4n) is 3.97. The Bertz CT molecular complexity index is 545. The topological polar surface area (TPSA) is 113 Å². The molecular weight excluding hydrogens is 304 g/mol. The average Bonchev–Trinajstić information content (AvgIpc) is 2.83. The molecule has 3 saturated heterocycles. The van der Waals surface area contributed by atoms with E-state index >= 15 is 0 Å². The van der Waals surface area contributed by atoms with Crippen LogP contribution in [-0.2, 0) is 9.59 Å². The van der Waals surface area contributed by atoms with Gasteiger partial charge in [-0.05, 0) is 12.8 Å². The Kier molecular flexibility index (Phi) is 3.72. The van der Waals surface area contributed by atoms with Crippen molar-refractivity contribution < 1.29 is 24.6 Å². The van der Waals surface area contributed by atoms with E-state index in [0.717, 1.165) is 4.90 Å². The van der Waals surface area contributed by atoms with Crippen molar-refractivity contribution in [3.05, 3.63) is 0 Å². The van der Waals surface area contributed by atoms with E-state index < -0.39 is 11.8 Å². The smallest absolute Gasteiger partial charge is 0.407 e. The number of piperazine rings is 1. The van der Waals surface area contributed by atoms with Gasteiger partial charge in [-0.25, -0.2) is 4.79 Å². The van der Waals surface area contributed by atoms with Crippen LogP contribution in [0.2, 0.25) is 0 Å². The maximum absolute atomic E-state index is 12.4. The van der Waals surface area contributed by atoms with Gasteiger partial charge in [0.25, 0.3) is 0 Å². The Morgan fingerprint density at radius 3 is 2.39 bits per heavy atom. The Morgan fingerprint density at radius 2 is 1.87 bits per heavy atom. The van der Waals surface area contributed by atoms with Crippen LogP contribution in [0.1, 0.15) is 19.8 Å². The third-order valence-electron chi connectivity index (χ3n) is 5.25. The van der Waals surface area contributed by atoms with Crippen LogP contribution >= 0.6 is 0 Å². The monoisotopic (exact) mass is 326 g/mol. The zero-order chi connectivity index (χ0) is 16.8. The third-order valence-corrected chi connectivity index (χ3v) is 5.25. The lowest BCUT2D eigenvalue weighted by Crippen LogP contribution is -2.69. The summed E-state index contributed by atoms with van der Waals surface area (Å²) in [6, 6.07) is 0. The minimum atomic E-state index is -1.17. The van der Waals surface area contributed by atoms with Crippen LogP contribution in [0.4, 0.5) is 4.79 Å². The lowest BCUT2D eigenvalue weighted by Gasteiger charge is -2.44. The first kappa shape index (κ1) is 16.0. The van der Waals surface area contributed by atoms with Crippen molar-refractivity contribution in [3.63, 3.8) is 0 Å². The third kappa shape index (κ3) is 2.53. The van der Waals surface area contributed by atoms with E-state index in [1.807, 2.05) is 0 Å². The molecule has 0 saturated carbocycles. The highest BCUT2D eigenvalue weighted by molar-refractivity contribution is 5.84. The largest absolute Gasteiger partial charge is 0.465 e. The molecule has 3 aliphatic heterocycles. The standard InChI is InChI=1S/C14H22N4O5/c1-10(20)16-4-2-13(3-5-16)7-18-11(21)6-17(12(22)23)8-14(18,9-19)15-13/h15,19H,2-9H2,1H3,(H,22,23). The second-order valence-corrected chi connectivity index (χ2v) is 6.72. The van der Waals surface area contributed by atoms with Gasteiger partial charge in [0.15, 0.2) is 0 Å². The molecule has 0 aromatic rings. The number of aliphatic hydroxyl groups is 1. The number of hydrogen-bond donors (Lipinski definition) is 3. The van der Waals surface area contributed by atoms with E-state index in [1.54, 1.807) is 9.80 Å². The van der Waals surface area contributed by atoms with Crippen molar-refractivity contribution in [2.45, 2.75) is 31.0 Å². The first-order chi connectivity index (χ1) is 10.8. The van der Waals surface area contributed by atoms with E-state index in [0.29, 0.717) is 32.5 Å². The molecule has 0 aliphatic carbocycles. The molecule has 9 heteroatoms. The van der Waals surface area contributed by atoms with Crippen molar-refractivity contribution in [2.24, 2.45) is 0 Å². The van der Waals surface area contributed by atoms with E-state index in [-0.39, 0.29) is 37.0 Å². The summed E-state index contributed by atoms with van der Waals surface area (Å²) >= 11 is 0. The molecule has 0 radical (unpaired) electrons. The molecule has 1 spiro atoms. The van der Waals surface area contributed by atoms with E-state index in [2.05, 4.69) is 5.32 Å². The second-order valence-electron chi connectivity index (χ2n) is 6.72. The highest BCUT2D eigenvalue weighted by Gasteiger charge is 2.58. The van der Waals surface area contributed by atoms with Gasteiger partial charge in [-0.2, -0.15) is 0 Å². The lowest BCUT2D eigenvalue weighted by atomic mass is 9.88. The van der Waals surface area contributed by atoms with Crippen LogP contribution in [0.15, 0.2) is 0 Å². The Labute approximate surface area is 133 Å². The van der Waals surface area contributed by atoms with Gasteiger partial charge in [-0.1, -0.05) is 0 Å². The average molecular weight is 326 g/mol. The predicted octanol–water partition coefficient (Wildman–Crippen LogP) is -1.52. The Morgan fingerprint density at radius 1 is 1.22 bits per heavy atom. The van der Waals surface area contributed by atoms with Crippen molar-refractivity contribution in [3.8, 4) is 0 Å². The minimum Gasteiger partial charge on any atom is -0.465 e. The van der Waals surface area contributed by atoms with Gasteiger partial charge in [0.1, 0.15) is 12.2 Å². The molecule has 23 heavy (non-hydrogen) atoms. The minimum absolute atomic E-state index is 0.0283. The summed E-state index contributed by atoms with van der Waals surface area (Å²) in [7, 11) is 0. The van der Waals surface area contributed by atoms with Gasteiger partial charge in [-0.15, -0.1) is 0 Å². The van der Waals surface area contributed by atoms with Crippen LogP contribution in [0.5, 0.6) is 0 Å². The molecule has 1 atom stereocenters. The molecule has 1 unspecified atom stereocenters. The number of amides is 3. The SMILES string of the molecule is CC(=O)N1CCC2(CC1)CN1C(=O)CN(C(=O)O)CC1(CO)N2. The predicted molar refractivity (Wildman–Crippen MR) is 78.5 cm³/mol. The molecule has 128 valence electrons. The summed E-state index contributed by atoms with van der Waals surface area (Å²) in [5.41, 5.74) is -1.44. The number of fused-ring (bicyclic) bond motifs is 1.